The van der Waals surface area contributed by atoms with E-state index >= 15 is 0 Å². The molecule has 8 atom stereocenters. The number of hydrogen-bond acceptors (Lipinski definition) is 16. The van der Waals surface area contributed by atoms with Crippen LogP contribution >= 0.6 is 0 Å². The summed E-state index contributed by atoms with van der Waals surface area (Å²) in [5.41, 5.74) is 54.9. The molecular weight excluding hydrogens is 1870 g/mol. The Kier molecular flexibility index (Phi) is 34.1. The van der Waals surface area contributed by atoms with Gasteiger partial charge in [0.05, 0.1) is 26.4 Å². The van der Waals surface area contributed by atoms with Crippen LogP contribution in [0.15, 0.2) is 133 Å². The minimum Gasteiger partial charge on any atom is -0.490 e. The Labute approximate surface area is 891 Å². The van der Waals surface area contributed by atoms with Gasteiger partial charge in [-0.05, 0) is 444 Å². The van der Waals surface area contributed by atoms with Crippen molar-refractivity contribution in [3.63, 3.8) is 0 Å². The molecule has 4 heterocycles. The molecule has 0 bridgehead atoms. The first-order valence-electron chi connectivity index (χ1n) is 52.9. The molecule has 0 spiro atoms. The van der Waals surface area contributed by atoms with Gasteiger partial charge in [-0.25, -0.2) is 0 Å². The van der Waals surface area contributed by atoms with Crippen molar-refractivity contribution in [3.8, 4) is 80.1 Å². The zero-order valence-electron chi connectivity index (χ0n) is 95.7. The molecular formula is C134H158O16. The zero-order valence-corrected chi connectivity index (χ0v) is 95.7. The lowest BCUT2D eigenvalue weighted by Crippen LogP contribution is -2.24. The molecule has 0 saturated heterocycles. The number of benzene rings is 14. The molecule has 18 rings (SSSR count). The van der Waals surface area contributed by atoms with E-state index in [0.29, 0.717) is 0 Å². The van der Waals surface area contributed by atoms with Crippen LogP contribution in [0.2, 0.25) is 0 Å². The average molecular weight is 2020 g/mol. The highest BCUT2D eigenvalue weighted by Gasteiger charge is 2.44. The lowest BCUT2D eigenvalue weighted by Gasteiger charge is -2.36. The largest absolute Gasteiger partial charge is 0.490 e. The van der Waals surface area contributed by atoms with Gasteiger partial charge in [-0.3, -0.25) is 0 Å². The lowest BCUT2D eigenvalue weighted by atomic mass is 9.74. The van der Waals surface area contributed by atoms with E-state index in [1.165, 1.54) is 178 Å². The summed E-state index contributed by atoms with van der Waals surface area (Å²) in [6.07, 6.45) is -2.77. The van der Waals surface area contributed by atoms with E-state index in [0.717, 1.165) is 158 Å². The third-order valence-electron chi connectivity index (χ3n) is 34.2. The summed E-state index contributed by atoms with van der Waals surface area (Å²) in [7, 11) is 6.33. The van der Waals surface area contributed by atoms with Gasteiger partial charge < -0.3 is 77.3 Å². The predicted octanol–water partition coefficient (Wildman–Crippen LogP) is 30.1. The number of aryl methyl sites for hydroxylation is 3. The van der Waals surface area contributed by atoms with Gasteiger partial charge in [0.1, 0.15) is 120 Å². The Balaban J connectivity index is 0.000000150. The Morgan fingerprint density at radius 1 is 0.200 bits per heavy atom. The van der Waals surface area contributed by atoms with Crippen LogP contribution in [-0.2, 0) is 18.9 Å². The Morgan fingerprint density at radius 2 is 0.460 bits per heavy atom. The molecule has 8 unspecified atom stereocenters. The number of hydrogen-bond donors (Lipinski definition) is 4. The van der Waals surface area contributed by atoms with Crippen molar-refractivity contribution in [1.29, 1.82) is 0 Å². The fourth-order valence-corrected chi connectivity index (χ4v) is 23.3. The van der Waals surface area contributed by atoms with Crippen molar-refractivity contribution in [2.24, 2.45) is 0 Å². The summed E-state index contributed by atoms with van der Waals surface area (Å²) in [6.45, 7) is 70.7. The first-order chi connectivity index (χ1) is 71.3. The Bertz CT molecular complexity index is 7540. The fourth-order valence-electron chi connectivity index (χ4n) is 23.3. The number of ether oxygens (including phenoxy) is 12. The topological polar surface area (TPSA) is 192 Å². The minimum atomic E-state index is -0.700. The summed E-state index contributed by atoms with van der Waals surface area (Å²) in [6, 6.07) is 48.1. The second kappa shape index (κ2) is 45.9. The van der Waals surface area contributed by atoms with Crippen LogP contribution in [0.5, 0.6) is 69.0 Å². The monoisotopic (exact) mass is 2020 g/mol. The third-order valence-corrected chi connectivity index (χ3v) is 34.2. The molecule has 4 N–H and O–H groups in total. The maximum Gasteiger partial charge on any atom is 0.135 e. The Morgan fingerprint density at radius 3 is 0.787 bits per heavy atom. The smallest absolute Gasteiger partial charge is 0.135 e. The summed E-state index contributed by atoms with van der Waals surface area (Å²) in [5.74, 6) is 10.9. The van der Waals surface area contributed by atoms with E-state index in [2.05, 4.69) is 349 Å². The summed E-state index contributed by atoms with van der Waals surface area (Å²) in [4.78, 5) is 0. The first kappa shape index (κ1) is 112. The van der Waals surface area contributed by atoms with E-state index < -0.39 is 24.4 Å². The number of methoxy groups -OCH3 is 4. The van der Waals surface area contributed by atoms with Crippen molar-refractivity contribution in [2.45, 2.75) is 270 Å². The zero-order chi connectivity index (χ0) is 109. The average Bonchev–Trinajstić information content (AvgIpc) is 0.724. The number of aliphatic hydroxyl groups excluding tert-OH is 4. The second-order valence-electron chi connectivity index (χ2n) is 42.8. The van der Waals surface area contributed by atoms with Crippen molar-refractivity contribution in [3.05, 3.63) is 378 Å². The quantitative estimate of drug-likeness (QED) is 0.0422. The molecule has 0 aromatic heterocycles. The normalized spacial score (nSPS) is 15.1. The first-order valence-corrected chi connectivity index (χ1v) is 52.9. The molecule has 14 aromatic carbocycles. The standard InChI is InChI=1S/C36H40O4.C34H38O4.2C32H40O4/c1-20-21(2)23(4)35-31(22(20)3)33(29-16-14-28(15-17-29)27-12-10-9-11-13-27)32-26(7)34(39-19-30(37)18-38-8)24(5)25(6)36(32)40-35;1-18-19(2)21(4)33-29(20(18)3)31(27-14-13-25-11-9-10-12-26(25)15-27)30-24(7)32(37-17-28(35)16-36-8)22(5)23(6)34(30)38-33;1-16-11-12-25(13-17(16)2)29-27-20(5)18(3)19(4)21(6)31(27)36-32-23(8)22(7)30(24(9)28(29)32)35-15-26(33)14-34-10;1-16-12-11-13-26(17(16)2)29-27-20(5)18(3)19(4)21(6)31(27)36-32-23(8)22(7)30(24(9)28(29)32)35-15-25(33)14-34-10/h9-17,30,33,37H,18-19H2,1-8H3;9-15,28,31,35H,16-17H2,1-8H3;11-13,26,29,33H,14-15H2,1-10H3;11-13,25,29,33H,14-15H2,1-10H3. The van der Waals surface area contributed by atoms with Gasteiger partial charge in [0, 0.05) is 96.6 Å². The van der Waals surface area contributed by atoms with Gasteiger partial charge in [0.25, 0.3) is 0 Å². The second-order valence-corrected chi connectivity index (χ2v) is 42.8. The molecule has 16 heteroatoms. The molecule has 790 valence electrons. The molecule has 150 heavy (non-hydrogen) atoms. The predicted molar refractivity (Wildman–Crippen MR) is 609 cm³/mol. The van der Waals surface area contributed by atoms with Crippen molar-refractivity contribution < 1.29 is 77.3 Å². The van der Waals surface area contributed by atoms with Crippen LogP contribution in [0.1, 0.15) is 268 Å². The lowest BCUT2D eigenvalue weighted by molar-refractivity contribution is 0.0321. The molecule has 0 fully saturated rings. The molecule has 4 aliphatic heterocycles. The van der Waals surface area contributed by atoms with Crippen LogP contribution in [0.25, 0.3) is 21.9 Å². The summed E-state index contributed by atoms with van der Waals surface area (Å²) >= 11 is 0. The van der Waals surface area contributed by atoms with Crippen LogP contribution in [0, 0.1) is 222 Å². The SMILES string of the molecule is COCC(O)COc1c(C)c(C)c2c(c1C)C(c1ccc(-c3ccccc3)cc1)c1c(C)c(C)c(C)c(C)c1O2.COCC(O)COc1c(C)c(C)c2c(c1C)C(c1ccc(C)c(C)c1)c1c(C)c(C)c(C)c(C)c1O2.COCC(O)COc1c(C)c(C)c2c(c1C)C(c1ccc3ccccc3c1)c1c(C)c(C)c(C)c(C)c1O2.COCC(O)COc1c(C)c(C)c2c(c1C)C(c1cccc(C)c1C)c1c(C)c(C)c(C)c(C)c1O2. The fraction of sp³-hybridized carbons (Fsp3) is 0.388. The van der Waals surface area contributed by atoms with Crippen LogP contribution in [0.4, 0.5) is 0 Å². The van der Waals surface area contributed by atoms with Crippen LogP contribution < -0.4 is 37.9 Å². The molecule has 4 aliphatic rings. The highest BCUT2D eigenvalue weighted by atomic mass is 16.5. The molecule has 16 nitrogen and oxygen atoms in total. The molecule has 0 radical (unpaired) electrons. The summed E-state index contributed by atoms with van der Waals surface area (Å²) in [5, 5.41) is 43.6. The summed E-state index contributed by atoms with van der Waals surface area (Å²) < 4.78 is 72.9. The van der Waals surface area contributed by atoms with Gasteiger partial charge in [-0.1, -0.05) is 133 Å². The third kappa shape index (κ3) is 20.6. The van der Waals surface area contributed by atoms with E-state index in [4.69, 9.17) is 56.8 Å². The van der Waals surface area contributed by atoms with Gasteiger partial charge in [0.2, 0.25) is 0 Å². The van der Waals surface area contributed by atoms with Crippen molar-refractivity contribution in [2.75, 3.05) is 81.3 Å². The number of rotatable bonds is 25. The minimum absolute atomic E-state index is 0.0121. The van der Waals surface area contributed by atoms with E-state index in [1.807, 2.05) is 6.07 Å². The van der Waals surface area contributed by atoms with Crippen molar-refractivity contribution in [1.82, 2.24) is 0 Å². The highest BCUT2D eigenvalue weighted by Crippen LogP contribution is 2.62. The molecule has 14 aromatic rings. The van der Waals surface area contributed by atoms with E-state index in [-0.39, 0.29) is 76.5 Å². The van der Waals surface area contributed by atoms with E-state index in [9.17, 15) is 20.4 Å². The van der Waals surface area contributed by atoms with Gasteiger partial charge in [-0.15, -0.1) is 0 Å². The molecule has 0 aliphatic carbocycles. The highest BCUT2D eigenvalue weighted by molar-refractivity contribution is 5.85. The van der Waals surface area contributed by atoms with Gasteiger partial charge in [0.15, 0.2) is 0 Å². The number of aliphatic hydroxyl groups is 4. The maximum atomic E-state index is 10.3. The number of fused-ring (bicyclic) bond motifs is 9. The van der Waals surface area contributed by atoms with E-state index in [1.54, 1.807) is 28.4 Å². The van der Waals surface area contributed by atoms with Crippen molar-refractivity contribution >= 4 is 10.8 Å². The Hall–Kier alpha value is -12.6. The molecule has 0 saturated carbocycles. The van der Waals surface area contributed by atoms with Crippen LogP contribution in [-0.4, -0.2) is 126 Å². The van der Waals surface area contributed by atoms with Gasteiger partial charge in [-0.2, -0.15) is 0 Å². The van der Waals surface area contributed by atoms with Crippen LogP contribution in [0.3, 0.4) is 0 Å². The maximum absolute atomic E-state index is 10.3. The van der Waals surface area contributed by atoms with Gasteiger partial charge >= 0.3 is 0 Å². The molecule has 0 amide bonds.